The van der Waals surface area contributed by atoms with E-state index in [1.807, 2.05) is 0 Å². The van der Waals surface area contributed by atoms with Crippen molar-refractivity contribution in [3.05, 3.63) is 12.3 Å². The van der Waals surface area contributed by atoms with Crippen LogP contribution in [0.25, 0.3) is 0 Å². The van der Waals surface area contributed by atoms with Crippen LogP contribution < -0.4 is 0 Å². The Kier molecular flexibility index (Phi) is 2.62. The van der Waals surface area contributed by atoms with Crippen LogP contribution in [-0.2, 0) is 0 Å². The van der Waals surface area contributed by atoms with Crippen molar-refractivity contribution in [3.8, 4) is 0 Å². The second-order valence-electron chi connectivity index (χ2n) is 1.46. The van der Waals surface area contributed by atoms with Crippen LogP contribution in [0.3, 0.4) is 0 Å². The smallest absolute Gasteiger partial charge is 0.261 e. The van der Waals surface area contributed by atoms with Crippen molar-refractivity contribution in [2.45, 2.75) is 6.30 Å². The molecule has 0 aromatic carbocycles. The minimum Gasteiger partial charge on any atom is -0.261 e. The molecule has 0 bridgehead atoms. The van der Waals surface area contributed by atoms with Crippen LogP contribution in [0.5, 0.6) is 0 Å². The molecule has 0 fully saturated rings. The molecule has 0 aromatic rings. The van der Waals surface area contributed by atoms with Crippen LogP contribution in [0.1, 0.15) is 0 Å². The van der Waals surface area contributed by atoms with Gasteiger partial charge >= 0.3 is 6.30 Å². The lowest BCUT2D eigenvalue weighted by molar-refractivity contribution is -0.230. The van der Waals surface area contributed by atoms with Crippen molar-refractivity contribution in [1.82, 2.24) is 4.90 Å². The van der Waals surface area contributed by atoms with Crippen molar-refractivity contribution < 1.29 is 22.0 Å². The maximum Gasteiger partial charge on any atom is 0.486 e. The van der Waals surface area contributed by atoms with Crippen LogP contribution in [-0.4, -0.2) is 18.2 Å². The van der Waals surface area contributed by atoms with Gasteiger partial charge in [-0.3, -0.25) is 4.90 Å². The topological polar surface area (TPSA) is 3.24 Å². The fraction of sp³-hybridized carbons (Fsp3) is 0.500. The van der Waals surface area contributed by atoms with Crippen LogP contribution in [0.2, 0.25) is 0 Å². The monoisotopic (exact) mass is 161 g/mol. The van der Waals surface area contributed by atoms with Gasteiger partial charge in [-0.25, -0.2) is 4.39 Å². The van der Waals surface area contributed by atoms with Gasteiger partial charge in [-0.15, -0.1) is 0 Å². The fourth-order valence-corrected chi connectivity index (χ4v) is 0.194. The highest BCUT2D eigenvalue weighted by Gasteiger charge is 2.36. The lowest BCUT2D eigenvalue weighted by atomic mass is 10.7. The van der Waals surface area contributed by atoms with E-state index in [4.69, 9.17) is 0 Å². The molecule has 0 atom stereocenters. The number of hydrogen-bond acceptors (Lipinski definition) is 1. The quantitative estimate of drug-likeness (QED) is 0.420. The van der Waals surface area contributed by atoms with Crippen molar-refractivity contribution in [1.29, 1.82) is 0 Å². The highest BCUT2D eigenvalue weighted by atomic mass is 19.4. The van der Waals surface area contributed by atoms with Gasteiger partial charge in [0.25, 0.3) is 0 Å². The molecule has 0 heterocycles. The summed E-state index contributed by atoms with van der Waals surface area (Å²) >= 11 is 0. The van der Waals surface area contributed by atoms with E-state index in [-0.39, 0.29) is 0 Å². The van der Waals surface area contributed by atoms with E-state index in [1.54, 1.807) is 0 Å². The lowest BCUT2D eigenvalue weighted by Crippen LogP contribution is -2.31. The lowest BCUT2D eigenvalue weighted by Gasteiger charge is -2.18. The van der Waals surface area contributed by atoms with Crippen LogP contribution >= 0.6 is 0 Å². The first kappa shape index (κ1) is 9.19. The first-order valence-corrected chi connectivity index (χ1v) is 2.16. The molecule has 6 heteroatoms. The van der Waals surface area contributed by atoms with E-state index < -0.39 is 23.5 Å². The van der Waals surface area contributed by atoms with Gasteiger partial charge in [0.2, 0.25) is 5.95 Å². The Labute approximate surface area is 53.7 Å². The number of hydrogen-bond donors (Lipinski definition) is 0. The van der Waals surface area contributed by atoms with Crippen LogP contribution in [0.15, 0.2) is 12.3 Å². The molecule has 0 aliphatic carbocycles. The average molecular weight is 161 g/mol. The zero-order chi connectivity index (χ0) is 8.36. The van der Waals surface area contributed by atoms with E-state index in [2.05, 4.69) is 0 Å². The molecular formula is C4H4F5N. The van der Waals surface area contributed by atoms with E-state index in [0.717, 1.165) is 0 Å². The van der Waals surface area contributed by atoms with E-state index in [9.17, 15) is 22.0 Å². The van der Waals surface area contributed by atoms with Gasteiger partial charge in [-0.05, 0) is 0 Å². The second kappa shape index (κ2) is 2.85. The van der Waals surface area contributed by atoms with Crippen LogP contribution in [0.4, 0.5) is 22.0 Å². The Balaban J connectivity index is 4.23. The Hall–Kier alpha value is -0.810. The van der Waals surface area contributed by atoms with Gasteiger partial charge in [0, 0.05) is 7.05 Å². The molecule has 0 N–H and O–H groups in total. The number of rotatable bonds is 1. The van der Waals surface area contributed by atoms with Crippen LogP contribution in [0, 0.1) is 0 Å². The Morgan fingerprint density at radius 1 is 1.40 bits per heavy atom. The fourth-order valence-electron chi connectivity index (χ4n) is 0.194. The molecule has 0 unspecified atom stereocenters. The van der Waals surface area contributed by atoms with Gasteiger partial charge < -0.3 is 0 Å². The molecule has 0 aliphatic heterocycles. The van der Waals surface area contributed by atoms with Gasteiger partial charge in [-0.2, -0.15) is 17.6 Å². The third-order valence-corrected chi connectivity index (χ3v) is 0.791. The SMILES string of the molecule is CN(/C(F)=C/F)C(F)(F)F. The summed E-state index contributed by atoms with van der Waals surface area (Å²) in [7, 11) is 0.380. The molecule has 0 saturated carbocycles. The predicted molar refractivity (Wildman–Crippen MR) is 24.1 cm³/mol. The van der Waals surface area contributed by atoms with Gasteiger partial charge in [-0.1, -0.05) is 0 Å². The minimum absolute atomic E-state index is 0.380. The van der Waals surface area contributed by atoms with Crippen molar-refractivity contribution in [2.24, 2.45) is 0 Å². The molecule has 0 radical (unpaired) electrons. The first-order chi connectivity index (χ1) is 4.39. The van der Waals surface area contributed by atoms with E-state index >= 15 is 0 Å². The summed E-state index contributed by atoms with van der Waals surface area (Å²) in [6.45, 7) is 0. The summed E-state index contributed by atoms with van der Waals surface area (Å²) in [6.07, 6.45) is -5.62. The minimum atomic E-state index is -4.87. The Morgan fingerprint density at radius 3 is 1.90 bits per heavy atom. The van der Waals surface area contributed by atoms with Crippen molar-refractivity contribution >= 4 is 0 Å². The van der Waals surface area contributed by atoms with E-state index in [0.29, 0.717) is 7.05 Å². The molecular weight excluding hydrogens is 157 g/mol. The third kappa shape index (κ3) is 2.20. The van der Waals surface area contributed by atoms with Crippen molar-refractivity contribution in [2.75, 3.05) is 7.05 Å². The Bertz CT molecular complexity index is 137. The number of halogens is 5. The maximum absolute atomic E-state index is 11.7. The van der Waals surface area contributed by atoms with Crippen molar-refractivity contribution in [3.63, 3.8) is 0 Å². The highest BCUT2D eigenvalue weighted by molar-refractivity contribution is 4.84. The normalized spacial score (nSPS) is 13.6. The largest absolute Gasteiger partial charge is 0.486 e. The van der Waals surface area contributed by atoms with Gasteiger partial charge in [0.05, 0.1) is 0 Å². The summed E-state index contributed by atoms with van der Waals surface area (Å²) in [5.41, 5.74) is 0. The van der Waals surface area contributed by atoms with Gasteiger partial charge in [0.1, 0.15) is 6.33 Å². The summed E-state index contributed by atoms with van der Waals surface area (Å²) < 4.78 is 56.9. The molecule has 60 valence electrons. The third-order valence-electron chi connectivity index (χ3n) is 0.791. The average Bonchev–Trinajstić information content (AvgIpc) is 1.83. The maximum atomic E-state index is 11.7. The summed E-state index contributed by atoms with van der Waals surface area (Å²) in [4.78, 5) is -0.771. The molecule has 0 aliphatic rings. The molecule has 10 heavy (non-hydrogen) atoms. The zero-order valence-electron chi connectivity index (χ0n) is 4.91. The predicted octanol–water partition coefficient (Wildman–Crippen LogP) is 2.18. The summed E-state index contributed by atoms with van der Waals surface area (Å²) in [5.74, 6) is -1.97. The number of alkyl halides is 3. The highest BCUT2D eigenvalue weighted by Crippen LogP contribution is 2.23. The summed E-state index contributed by atoms with van der Waals surface area (Å²) in [6, 6.07) is 0. The number of nitrogens with zero attached hydrogens (tertiary/aromatic N) is 1. The zero-order valence-corrected chi connectivity index (χ0v) is 4.91. The molecule has 0 saturated heterocycles. The molecule has 0 spiro atoms. The summed E-state index contributed by atoms with van der Waals surface area (Å²) in [5, 5.41) is 0. The molecule has 0 aromatic heterocycles. The second-order valence-corrected chi connectivity index (χ2v) is 1.46. The Morgan fingerprint density at radius 2 is 1.80 bits per heavy atom. The first-order valence-electron chi connectivity index (χ1n) is 2.16. The standard InChI is InChI=1S/C4H4F5N/c1-10(3(6)2-5)4(7,8)9/h2H,1H3/b3-2+. The van der Waals surface area contributed by atoms with Gasteiger partial charge in [0.15, 0.2) is 0 Å². The molecule has 0 rings (SSSR count). The van der Waals surface area contributed by atoms with E-state index in [1.165, 1.54) is 0 Å². The molecule has 0 amide bonds. The molecule has 1 nitrogen and oxygen atoms in total.